The number of hydrogen-bond donors (Lipinski definition) is 2. The van der Waals surface area contributed by atoms with E-state index in [1.165, 1.54) is 25.3 Å². The van der Waals surface area contributed by atoms with Crippen molar-refractivity contribution in [1.29, 1.82) is 0 Å². The first-order valence-corrected chi connectivity index (χ1v) is 6.84. The number of halogens is 1. The van der Waals surface area contributed by atoms with Crippen LogP contribution in [-0.2, 0) is 19.6 Å². The molecule has 6 nitrogen and oxygen atoms in total. The summed E-state index contributed by atoms with van der Waals surface area (Å²) >= 11 is 5.68. The molecule has 18 heavy (non-hydrogen) atoms. The molecule has 0 spiro atoms. The second kappa shape index (κ2) is 6.03. The number of ether oxygens (including phenoxy) is 1. The minimum atomic E-state index is -3.75. The van der Waals surface area contributed by atoms with Crippen molar-refractivity contribution in [2.24, 2.45) is 0 Å². The van der Waals surface area contributed by atoms with Gasteiger partial charge in [-0.1, -0.05) is 11.6 Å². The highest BCUT2D eigenvalue weighted by Gasteiger charge is 2.17. The van der Waals surface area contributed by atoms with Gasteiger partial charge in [0.05, 0.1) is 19.2 Å². The highest BCUT2D eigenvalue weighted by atomic mass is 35.5. The third kappa shape index (κ3) is 3.86. The highest BCUT2D eigenvalue weighted by molar-refractivity contribution is 7.89. The lowest BCUT2D eigenvalue weighted by molar-refractivity contribution is -0.140. The molecule has 0 aliphatic rings. The van der Waals surface area contributed by atoms with Gasteiger partial charge >= 0.3 is 5.97 Å². The normalized spacial score (nSPS) is 11.2. The lowest BCUT2D eigenvalue weighted by atomic mass is 10.3. The Kier molecular flexibility index (Phi) is 4.94. The van der Waals surface area contributed by atoms with Crippen LogP contribution in [0.2, 0.25) is 5.02 Å². The molecule has 0 saturated heterocycles. The van der Waals surface area contributed by atoms with E-state index < -0.39 is 16.0 Å². The van der Waals surface area contributed by atoms with Crippen LogP contribution in [0.4, 0.5) is 5.69 Å². The zero-order valence-electron chi connectivity index (χ0n) is 9.64. The van der Waals surface area contributed by atoms with Crippen molar-refractivity contribution in [3.8, 4) is 0 Å². The second-order valence-corrected chi connectivity index (χ2v) is 5.58. The molecule has 1 aromatic carbocycles. The van der Waals surface area contributed by atoms with Crippen molar-refractivity contribution in [3.63, 3.8) is 0 Å². The van der Waals surface area contributed by atoms with Crippen molar-refractivity contribution in [3.05, 3.63) is 23.2 Å². The molecule has 1 rings (SSSR count). The number of carbonyl (C=O) groups excluding carboxylic acids is 1. The number of methoxy groups -OCH3 is 1. The first kappa shape index (κ1) is 14.7. The summed E-state index contributed by atoms with van der Waals surface area (Å²) < 4.78 is 30.3. The molecule has 0 amide bonds. The van der Waals surface area contributed by atoms with Crippen LogP contribution in [0, 0.1) is 0 Å². The zero-order valence-corrected chi connectivity index (χ0v) is 11.2. The minimum Gasteiger partial charge on any atom is -0.469 e. The van der Waals surface area contributed by atoms with Crippen LogP contribution >= 0.6 is 11.6 Å². The van der Waals surface area contributed by atoms with E-state index >= 15 is 0 Å². The molecule has 0 bridgehead atoms. The average Bonchev–Trinajstić information content (AvgIpc) is 2.27. The number of nitrogens with two attached hydrogens (primary N) is 1. The number of benzene rings is 1. The summed E-state index contributed by atoms with van der Waals surface area (Å²) in [6.45, 7) is -0.0585. The van der Waals surface area contributed by atoms with Gasteiger partial charge < -0.3 is 10.5 Å². The SMILES string of the molecule is COC(=O)CCNS(=O)(=O)c1ccc(Cl)cc1N. The molecule has 1 aromatic rings. The van der Waals surface area contributed by atoms with E-state index in [0.717, 1.165) is 0 Å². The molecule has 0 fully saturated rings. The first-order valence-electron chi connectivity index (χ1n) is 4.98. The summed E-state index contributed by atoms with van der Waals surface area (Å²) in [6, 6.07) is 4.07. The average molecular weight is 293 g/mol. The molecular weight excluding hydrogens is 280 g/mol. The van der Waals surface area contributed by atoms with Crippen molar-refractivity contribution in [1.82, 2.24) is 4.72 Å². The van der Waals surface area contributed by atoms with Crippen molar-refractivity contribution >= 4 is 33.3 Å². The predicted octanol–water partition coefficient (Wildman–Crippen LogP) is 0.764. The van der Waals surface area contributed by atoms with Crippen LogP contribution < -0.4 is 10.5 Å². The molecule has 0 saturated carbocycles. The number of nitrogen functional groups attached to an aromatic ring is 1. The van der Waals surface area contributed by atoms with Gasteiger partial charge in [-0.15, -0.1) is 0 Å². The third-order valence-electron chi connectivity index (χ3n) is 2.11. The summed E-state index contributed by atoms with van der Waals surface area (Å²) in [4.78, 5) is 10.8. The highest BCUT2D eigenvalue weighted by Crippen LogP contribution is 2.22. The fourth-order valence-electron chi connectivity index (χ4n) is 1.23. The Morgan fingerprint density at radius 1 is 1.50 bits per heavy atom. The Balaban J connectivity index is 2.77. The fraction of sp³-hybridized carbons (Fsp3) is 0.300. The molecule has 0 unspecified atom stereocenters. The number of carbonyl (C=O) groups is 1. The van der Waals surface area contributed by atoms with Gasteiger partial charge in [0.25, 0.3) is 0 Å². The second-order valence-electron chi connectivity index (χ2n) is 3.41. The van der Waals surface area contributed by atoms with E-state index in [1.54, 1.807) is 0 Å². The molecule has 0 radical (unpaired) electrons. The smallest absolute Gasteiger partial charge is 0.306 e. The standard InChI is InChI=1S/C10H13ClN2O4S/c1-17-10(14)4-5-13-18(15,16)9-3-2-7(11)6-8(9)12/h2-3,6,13H,4-5,12H2,1H3. The molecule has 100 valence electrons. The van der Waals surface area contributed by atoms with Gasteiger partial charge in [0, 0.05) is 11.6 Å². The third-order valence-corrected chi connectivity index (χ3v) is 3.88. The molecule has 8 heteroatoms. The Morgan fingerprint density at radius 3 is 2.72 bits per heavy atom. The van der Waals surface area contributed by atoms with Crippen LogP contribution in [0.25, 0.3) is 0 Å². The van der Waals surface area contributed by atoms with E-state index in [0.29, 0.717) is 5.02 Å². The number of anilines is 1. The van der Waals surface area contributed by atoms with E-state index in [2.05, 4.69) is 9.46 Å². The maximum absolute atomic E-state index is 11.8. The number of esters is 1. The number of sulfonamides is 1. The molecule has 0 atom stereocenters. The minimum absolute atomic E-state index is 0.0491. The van der Waals surface area contributed by atoms with Gasteiger partial charge in [-0.2, -0.15) is 0 Å². The van der Waals surface area contributed by atoms with Gasteiger partial charge in [0.15, 0.2) is 0 Å². The summed E-state index contributed by atoms with van der Waals surface area (Å²) in [5.41, 5.74) is 5.62. The quantitative estimate of drug-likeness (QED) is 0.617. The summed E-state index contributed by atoms with van der Waals surface area (Å²) in [5, 5.41) is 0.348. The Labute approximate surface area is 110 Å². The first-order chi connectivity index (χ1) is 8.36. The lowest BCUT2D eigenvalue weighted by Crippen LogP contribution is -2.27. The zero-order chi connectivity index (χ0) is 13.8. The summed E-state index contributed by atoms with van der Waals surface area (Å²) in [5.74, 6) is -0.498. The number of nitrogens with one attached hydrogen (secondary N) is 1. The fourth-order valence-corrected chi connectivity index (χ4v) is 2.55. The molecule has 0 heterocycles. The van der Waals surface area contributed by atoms with Crippen molar-refractivity contribution < 1.29 is 17.9 Å². The van der Waals surface area contributed by atoms with Crippen LogP contribution in [0.1, 0.15) is 6.42 Å². The summed E-state index contributed by atoms with van der Waals surface area (Å²) in [7, 11) is -2.52. The molecule has 0 aromatic heterocycles. The van der Waals surface area contributed by atoms with Gasteiger partial charge in [-0.3, -0.25) is 4.79 Å². The van der Waals surface area contributed by atoms with Crippen LogP contribution in [0.3, 0.4) is 0 Å². The van der Waals surface area contributed by atoms with E-state index in [4.69, 9.17) is 17.3 Å². The lowest BCUT2D eigenvalue weighted by Gasteiger charge is -2.08. The van der Waals surface area contributed by atoms with E-state index in [1.807, 2.05) is 0 Å². The summed E-state index contributed by atoms with van der Waals surface area (Å²) in [6.07, 6.45) is -0.0524. The molecular formula is C10H13ClN2O4S. The van der Waals surface area contributed by atoms with Crippen molar-refractivity contribution in [2.75, 3.05) is 19.4 Å². The van der Waals surface area contributed by atoms with Gasteiger partial charge in [0.1, 0.15) is 4.90 Å². The monoisotopic (exact) mass is 292 g/mol. The number of hydrogen-bond acceptors (Lipinski definition) is 5. The Morgan fingerprint density at radius 2 is 2.17 bits per heavy atom. The topological polar surface area (TPSA) is 98.5 Å². The molecule has 0 aliphatic heterocycles. The van der Waals surface area contributed by atoms with E-state index in [-0.39, 0.29) is 23.5 Å². The van der Waals surface area contributed by atoms with Gasteiger partial charge in [-0.25, -0.2) is 13.1 Å². The molecule has 3 N–H and O–H groups in total. The number of rotatable bonds is 5. The maximum atomic E-state index is 11.8. The van der Waals surface area contributed by atoms with Gasteiger partial charge in [0.2, 0.25) is 10.0 Å². The van der Waals surface area contributed by atoms with Crippen LogP contribution in [-0.4, -0.2) is 28.0 Å². The van der Waals surface area contributed by atoms with Gasteiger partial charge in [-0.05, 0) is 18.2 Å². The Bertz CT molecular complexity index is 545. The molecule has 0 aliphatic carbocycles. The Hall–Kier alpha value is -1.31. The van der Waals surface area contributed by atoms with Crippen LogP contribution in [0.15, 0.2) is 23.1 Å². The predicted molar refractivity (Wildman–Crippen MR) is 67.7 cm³/mol. The largest absolute Gasteiger partial charge is 0.469 e. The maximum Gasteiger partial charge on any atom is 0.306 e. The van der Waals surface area contributed by atoms with Crippen LogP contribution in [0.5, 0.6) is 0 Å². The van der Waals surface area contributed by atoms with Crippen molar-refractivity contribution in [2.45, 2.75) is 11.3 Å². The van der Waals surface area contributed by atoms with E-state index in [9.17, 15) is 13.2 Å².